The molecule has 0 saturated heterocycles. The van der Waals surface area contributed by atoms with Gasteiger partial charge in [-0.1, -0.05) is 42.1 Å². The predicted octanol–water partition coefficient (Wildman–Crippen LogP) is 4.32. The minimum atomic E-state index is -0.123. The Bertz CT molecular complexity index is 1270. The second-order valence-electron chi connectivity index (χ2n) is 7.01. The van der Waals surface area contributed by atoms with E-state index in [9.17, 15) is 9.59 Å². The predicted molar refractivity (Wildman–Crippen MR) is 117 cm³/mol. The third kappa shape index (κ3) is 3.51. The monoisotopic (exact) mass is 403 g/mol. The lowest BCUT2D eigenvalue weighted by atomic mass is 10.1. The summed E-state index contributed by atoms with van der Waals surface area (Å²) in [5.74, 6) is 0.200. The van der Waals surface area contributed by atoms with E-state index in [1.807, 2.05) is 69.6 Å². The third-order valence-electron chi connectivity index (χ3n) is 4.97. The third-order valence-corrected chi connectivity index (χ3v) is 5.91. The largest absolute Gasteiger partial charge is 0.348 e. The van der Waals surface area contributed by atoms with Gasteiger partial charge in [-0.25, -0.2) is 4.98 Å². The number of carbonyl (C=O) groups is 1. The second-order valence-corrected chi connectivity index (χ2v) is 7.95. The van der Waals surface area contributed by atoms with Crippen LogP contribution < -0.4 is 5.56 Å². The summed E-state index contributed by atoms with van der Waals surface area (Å²) in [7, 11) is 1.85. The number of hydrogen-bond donors (Lipinski definition) is 0. The molecule has 29 heavy (non-hydrogen) atoms. The number of ketones is 1. The van der Waals surface area contributed by atoms with Gasteiger partial charge in [0.15, 0.2) is 10.9 Å². The van der Waals surface area contributed by atoms with E-state index < -0.39 is 0 Å². The van der Waals surface area contributed by atoms with Crippen LogP contribution >= 0.6 is 11.8 Å². The molecule has 0 aliphatic carbocycles. The zero-order valence-corrected chi connectivity index (χ0v) is 17.4. The van der Waals surface area contributed by atoms with Gasteiger partial charge < -0.3 is 4.57 Å². The van der Waals surface area contributed by atoms with Gasteiger partial charge >= 0.3 is 0 Å². The summed E-state index contributed by atoms with van der Waals surface area (Å²) in [4.78, 5) is 30.8. The lowest BCUT2D eigenvalue weighted by Gasteiger charge is -2.17. The number of benzene rings is 2. The van der Waals surface area contributed by atoms with E-state index >= 15 is 0 Å². The summed E-state index contributed by atoms with van der Waals surface area (Å²) >= 11 is 1.29. The first-order valence-electron chi connectivity index (χ1n) is 9.33. The van der Waals surface area contributed by atoms with Crippen molar-refractivity contribution >= 4 is 28.4 Å². The van der Waals surface area contributed by atoms with Crippen LogP contribution in [-0.2, 0) is 7.05 Å². The molecule has 4 aromatic rings. The Hall–Kier alpha value is -3.12. The summed E-state index contributed by atoms with van der Waals surface area (Å²) in [5.41, 5.74) is 3.94. The van der Waals surface area contributed by atoms with Crippen LogP contribution in [0.2, 0.25) is 0 Å². The number of Topliss-reactive ketones (excluding diaryl/α,β-unsaturated/α-hetero) is 1. The average molecular weight is 404 g/mol. The maximum atomic E-state index is 13.4. The molecule has 5 nitrogen and oxygen atoms in total. The molecule has 0 unspecified atom stereocenters. The van der Waals surface area contributed by atoms with E-state index in [0.717, 1.165) is 16.8 Å². The molecule has 0 amide bonds. The molecule has 0 spiro atoms. The van der Waals surface area contributed by atoms with Gasteiger partial charge in [-0.2, -0.15) is 0 Å². The number of para-hydroxylation sites is 2. The highest BCUT2D eigenvalue weighted by molar-refractivity contribution is 7.99. The highest BCUT2D eigenvalue weighted by Gasteiger charge is 2.18. The summed E-state index contributed by atoms with van der Waals surface area (Å²) in [6.07, 6.45) is 1.85. The lowest BCUT2D eigenvalue weighted by molar-refractivity contribution is 0.101. The molecule has 2 aromatic carbocycles. The Labute approximate surface area is 173 Å². The van der Waals surface area contributed by atoms with Gasteiger partial charge in [-0.05, 0) is 49.2 Å². The molecule has 0 aliphatic heterocycles. The summed E-state index contributed by atoms with van der Waals surface area (Å²) < 4.78 is 3.45. The van der Waals surface area contributed by atoms with Crippen molar-refractivity contribution in [1.29, 1.82) is 0 Å². The molecule has 0 saturated carbocycles. The quantitative estimate of drug-likeness (QED) is 0.283. The SMILES string of the molecule is Cc1cccc(C)c1-n1c(SCC(=O)c2cccn2C)nc2ccccc2c1=O. The van der Waals surface area contributed by atoms with Crippen LogP contribution in [0.1, 0.15) is 21.6 Å². The van der Waals surface area contributed by atoms with Crippen LogP contribution in [0.4, 0.5) is 0 Å². The number of aryl methyl sites for hydroxylation is 3. The van der Waals surface area contributed by atoms with Crippen LogP contribution in [0.5, 0.6) is 0 Å². The van der Waals surface area contributed by atoms with Gasteiger partial charge in [0.05, 0.1) is 28.0 Å². The van der Waals surface area contributed by atoms with Crippen LogP contribution in [0.15, 0.2) is 70.7 Å². The van der Waals surface area contributed by atoms with Gasteiger partial charge in [0.1, 0.15) is 0 Å². The van der Waals surface area contributed by atoms with E-state index in [1.165, 1.54) is 11.8 Å². The maximum absolute atomic E-state index is 13.4. The van der Waals surface area contributed by atoms with Crippen LogP contribution in [0.25, 0.3) is 16.6 Å². The van der Waals surface area contributed by atoms with Crippen LogP contribution in [0, 0.1) is 13.8 Å². The number of fused-ring (bicyclic) bond motifs is 1. The van der Waals surface area contributed by atoms with E-state index in [0.29, 0.717) is 21.8 Å². The summed E-state index contributed by atoms with van der Waals surface area (Å²) in [6.45, 7) is 3.96. The molecule has 6 heteroatoms. The highest BCUT2D eigenvalue weighted by Crippen LogP contribution is 2.26. The lowest BCUT2D eigenvalue weighted by Crippen LogP contribution is -2.23. The number of rotatable bonds is 5. The normalized spacial score (nSPS) is 11.1. The standard InChI is InChI=1S/C23H21N3O2S/c1-15-8-6-9-16(2)21(15)26-22(28)17-10-4-5-11-18(17)24-23(26)29-14-20(27)19-12-7-13-25(19)3/h4-13H,14H2,1-3H3. The molecule has 0 N–H and O–H groups in total. The highest BCUT2D eigenvalue weighted by atomic mass is 32.2. The topological polar surface area (TPSA) is 56.9 Å². The fourth-order valence-electron chi connectivity index (χ4n) is 3.52. The van der Waals surface area contributed by atoms with Gasteiger partial charge in [0.2, 0.25) is 0 Å². The summed E-state index contributed by atoms with van der Waals surface area (Å²) in [5, 5.41) is 1.09. The molecular formula is C23H21N3O2S. The van der Waals surface area contributed by atoms with E-state index in [-0.39, 0.29) is 17.1 Å². The van der Waals surface area contributed by atoms with Gasteiger partial charge in [0, 0.05) is 13.2 Å². The van der Waals surface area contributed by atoms with Crippen molar-refractivity contribution in [2.75, 3.05) is 5.75 Å². The van der Waals surface area contributed by atoms with Crippen molar-refractivity contribution in [2.45, 2.75) is 19.0 Å². The Morgan fingerprint density at radius 3 is 2.41 bits per heavy atom. The zero-order chi connectivity index (χ0) is 20.5. The first-order valence-corrected chi connectivity index (χ1v) is 10.3. The van der Waals surface area contributed by atoms with Crippen LogP contribution in [0.3, 0.4) is 0 Å². The van der Waals surface area contributed by atoms with Crippen molar-refractivity contribution in [3.05, 3.63) is 88.0 Å². The van der Waals surface area contributed by atoms with E-state index in [1.54, 1.807) is 21.3 Å². The molecule has 2 heterocycles. The number of hydrogen-bond acceptors (Lipinski definition) is 4. The Morgan fingerprint density at radius 2 is 1.72 bits per heavy atom. The van der Waals surface area contributed by atoms with Crippen molar-refractivity contribution < 1.29 is 4.79 Å². The minimum absolute atomic E-state index is 0.00189. The molecule has 146 valence electrons. The average Bonchev–Trinajstić information content (AvgIpc) is 3.14. The van der Waals surface area contributed by atoms with Crippen molar-refractivity contribution in [3.8, 4) is 5.69 Å². The van der Waals surface area contributed by atoms with Crippen molar-refractivity contribution in [3.63, 3.8) is 0 Å². The van der Waals surface area contributed by atoms with Gasteiger partial charge in [-0.3, -0.25) is 14.2 Å². The molecule has 0 radical (unpaired) electrons. The molecule has 2 aromatic heterocycles. The van der Waals surface area contributed by atoms with Crippen molar-refractivity contribution in [1.82, 2.24) is 14.1 Å². The maximum Gasteiger partial charge on any atom is 0.266 e. The number of aromatic nitrogens is 3. The van der Waals surface area contributed by atoms with Gasteiger partial charge in [-0.15, -0.1) is 0 Å². The fourth-order valence-corrected chi connectivity index (χ4v) is 4.39. The fraction of sp³-hybridized carbons (Fsp3) is 0.174. The molecule has 0 fully saturated rings. The molecule has 4 rings (SSSR count). The smallest absolute Gasteiger partial charge is 0.266 e. The summed E-state index contributed by atoms with van der Waals surface area (Å²) in [6, 6.07) is 16.9. The first-order chi connectivity index (χ1) is 14.0. The Morgan fingerprint density at radius 1 is 1.00 bits per heavy atom. The number of carbonyl (C=O) groups excluding carboxylic acids is 1. The van der Waals surface area contributed by atoms with Crippen molar-refractivity contribution in [2.24, 2.45) is 7.05 Å². The molecule has 0 atom stereocenters. The molecule has 0 aliphatic rings. The Balaban J connectivity index is 1.85. The Kier molecular flexibility index (Phi) is 5.11. The minimum Gasteiger partial charge on any atom is -0.348 e. The van der Waals surface area contributed by atoms with Crippen LogP contribution in [-0.4, -0.2) is 25.7 Å². The van der Waals surface area contributed by atoms with E-state index in [2.05, 4.69) is 0 Å². The zero-order valence-electron chi connectivity index (χ0n) is 16.5. The molecule has 0 bridgehead atoms. The second kappa shape index (κ2) is 7.72. The molecular weight excluding hydrogens is 382 g/mol. The number of nitrogens with zero attached hydrogens (tertiary/aromatic N) is 3. The number of thioether (sulfide) groups is 1. The van der Waals surface area contributed by atoms with E-state index in [4.69, 9.17) is 4.98 Å². The first kappa shape index (κ1) is 19.2. The van der Waals surface area contributed by atoms with Gasteiger partial charge in [0.25, 0.3) is 5.56 Å².